The topological polar surface area (TPSA) is 77.2 Å². The van der Waals surface area contributed by atoms with Gasteiger partial charge in [0.25, 0.3) is 5.91 Å². The number of anilines is 1. The van der Waals surface area contributed by atoms with E-state index < -0.39 is 0 Å². The van der Waals surface area contributed by atoms with Gasteiger partial charge in [-0.05, 0) is 29.3 Å². The predicted molar refractivity (Wildman–Crippen MR) is 101 cm³/mol. The number of rotatable bonds is 3. The lowest BCUT2D eigenvalue weighted by atomic mass is 10.0. The summed E-state index contributed by atoms with van der Waals surface area (Å²) in [6.45, 7) is 0. The van der Waals surface area contributed by atoms with Crippen LogP contribution in [0.2, 0.25) is 0 Å². The van der Waals surface area contributed by atoms with Crippen molar-refractivity contribution in [3.63, 3.8) is 0 Å². The molecule has 4 rings (SSSR count). The molecule has 132 valence electrons. The van der Waals surface area contributed by atoms with E-state index in [1.54, 1.807) is 31.3 Å². The summed E-state index contributed by atoms with van der Waals surface area (Å²) in [4.78, 5) is 19.4. The minimum absolute atomic E-state index is 0.109. The first-order chi connectivity index (χ1) is 12.6. The third-order valence-electron chi connectivity index (χ3n) is 4.69. The quantitative estimate of drug-likeness (QED) is 0.863. The summed E-state index contributed by atoms with van der Waals surface area (Å²) >= 11 is 0. The number of ether oxygens (including phenoxy) is 2. The van der Waals surface area contributed by atoms with Crippen LogP contribution < -0.4 is 15.2 Å². The van der Waals surface area contributed by atoms with Crippen molar-refractivity contribution in [2.24, 2.45) is 4.99 Å². The van der Waals surface area contributed by atoms with Crippen LogP contribution in [0.15, 0.2) is 47.6 Å². The molecular weight excluding hydrogens is 330 g/mol. The summed E-state index contributed by atoms with van der Waals surface area (Å²) in [6, 6.07) is 11.0. The molecule has 2 N–H and O–H groups in total. The maximum atomic E-state index is 13.1. The maximum absolute atomic E-state index is 13.1. The number of nitrogens with two attached hydrogens (primary N) is 1. The van der Waals surface area contributed by atoms with Crippen molar-refractivity contribution in [1.29, 1.82) is 0 Å². The van der Waals surface area contributed by atoms with Crippen molar-refractivity contribution in [3.05, 3.63) is 53.7 Å². The molecule has 0 bridgehead atoms. The largest absolute Gasteiger partial charge is 0.493 e. The van der Waals surface area contributed by atoms with Crippen molar-refractivity contribution in [2.45, 2.75) is 12.5 Å². The first kappa shape index (κ1) is 16.2. The molecule has 0 saturated carbocycles. The third-order valence-corrected chi connectivity index (χ3v) is 4.69. The van der Waals surface area contributed by atoms with E-state index in [1.165, 1.54) is 0 Å². The molecule has 0 unspecified atom stereocenters. The van der Waals surface area contributed by atoms with E-state index in [4.69, 9.17) is 15.2 Å². The number of nitrogens with zero attached hydrogens (tertiary/aromatic N) is 2. The second kappa shape index (κ2) is 6.22. The van der Waals surface area contributed by atoms with E-state index in [2.05, 4.69) is 4.99 Å². The van der Waals surface area contributed by atoms with Crippen LogP contribution in [0.25, 0.3) is 5.57 Å². The van der Waals surface area contributed by atoms with Crippen LogP contribution >= 0.6 is 0 Å². The molecule has 0 spiro atoms. The van der Waals surface area contributed by atoms with Crippen LogP contribution in [0.3, 0.4) is 0 Å². The molecule has 0 aromatic heterocycles. The van der Waals surface area contributed by atoms with Crippen LogP contribution in [0.1, 0.15) is 22.3 Å². The molecule has 6 nitrogen and oxygen atoms in total. The predicted octanol–water partition coefficient (Wildman–Crippen LogP) is 3.26. The van der Waals surface area contributed by atoms with Gasteiger partial charge in [0.15, 0.2) is 11.5 Å². The molecule has 1 atom stereocenters. The molecule has 0 aliphatic carbocycles. The summed E-state index contributed by atoms with van der Waals surface area (Å²) in [5.74, 6) is 0.948. The van der Waals surface area contributed by atoms with Gasteiger partial charge in [0.1, 0.15) is 0 Å². The minimum atomic E-state index is -0.122. The van der Waals surface area contributed by atoms with E-state index in [0.717, 1.165) is 11.1 Å². The summed E-state index contributed by atoms with van der Waals surface area (Å²) < 4.78 is 10.6. The first-order valence-electron chi connectivity index (χ1n) is 8.30. The van der Waals surface area contributed by atoms with E-state index >= 15 is 0 Å². The van der Waals surface area contributed by atoms with Gasteiger partial charge in [-0.3, -0.25) is 9.79 Å². The Labute approximate surface area is 151 Å². The van der Waals surface area contributed by atoms with Gasteiger partial charge in [0.2, 0.25) is 0 Å². The Hall–Kier alpha value is -3.28. The molecule has 2 aromatic rings. The zero-order valence-electron chi connectivity index (χ0n) is 14.6. The molecule has 2 heterocycles. The average Bonchev–Trinajstić information content (AvgIpc) is 3.04. The summed E-state index contributed by atoms with van der Waals surface area (Å²) in [5, 5.41) is 0. The smallest absolute Gasteiger partial charge is 0.260 e. The molecular formula is C20H19N3O3. The Kier molecular flexibility index (Phi) is 3.88. The SMILES string of the molecule is COc1cc2c(cc1OC)C(=O)N1C=C(c3cccc(N)c3)C[C@H]1C=N2. The summed E-state index contributed by atoms with van der Waals surface area (Å²) in [5.41, 5.74) is 9.75. The Morgan fingerprint density at radius 1 is 1.15 bits per heavy atom. The van der Waals surface area contributed by atoms with Gasteiger partial charge in [-0.25, -0.2) is 0 Å². The van der Waals surface area contributed by atoms with Crippen molar-refractivity contribution >= 4 is 29.1 Å². The average molecular weight is 349 g/mol. The first-order valence-corrected chi connectivity index (χ1v) is 8.30. The fourth-order valence-electron chi connectivity index (χ4n) is 3.36. The normalized spacial score (nSPS) is 18.1. The van der Waals surface area contributed by atoms with Crippen LogP contribution in [-0.2, 0) is 0 Å². The summed E-state index contributed by atoms with van der Waals surface area (Å²) in [6.07, 6.45) is 4.39. The number of methoxy groups -OCH3 is 2. The van der Waals surface area contributed by atoms with Gasteiger partial charge in [-0.15, -0.1) is 0 Å². The second-order valence-electron chi connectivity index (χ2n) is 6.27. The lowest BCUT2D eigenvalue weighted by molar-refractivity contribution is 0.0817. The number of hydrogen-bond acceptors (Lipinski definition) is 5. The molecule has 0 saturated heterocycles. The Morgan fingerprint density at radius 2 is 1.92 bits per heavy atom. The van der Waals surface area contributed by atoms with Gasteiger partial charge in [0.05, 0.1) is 31.5 Å². The highest BCUT2D eigenvalue weighted by Gasteiger charge is 2.33. The fourth-order valence-corrected chi connectivity index (χ4v) is 3.36. The van der Waals surface area contributed by atoms with Crippen molar-refractivity contribution in [3.8, 4) is 11.5 Å². The Morgan fingerprint density at radius 3 is 2.65 bits per heavy atom. The van der Waals surface area contributed by atoms with E-state index in [9.17, 15) is 4.79 Å². The van der Waals surface area contributed by atoms with E-state index in [0.29, 0.717) is 34.9 Å². The fraction of sp³-hybridized carbons (Fsp3) is 0.200. The highest BCUT2D eigenvalue weighted by Crippen LogP contribution is 2.39. The van der Waals surface area contributed by atoms with Crippen molar-refractivity contribution < 1.29 is 14.3 Å². The number of carbonyl (C=O) groups excluding carboxylic acids is 1. The highest BCUT2D eigenvalue weighted by molar-refractivity contribution is 6.05. The highest BCUT2D eigenvalue weighted by atomic mass is 16.5. The Balaban J connectivity index is 1.74. The van der Waals surface area contributed by atoms with Crippen LogP contribution in [-0.4, -0.2) is 37.3 Å². The second-order valence-corrected chi connectivity index (χ2v) is 6.27. The van der Waals surface area contributed by atoms with Crippen LogP contribution in [0.4, 0.5) is 11.4 Å². The van der Waals surface area contributed by atoms with Crippen molar-refractivity contribution in [1.82, 2.24) is 4.90 Å². The lowest BCUT2D eigenvalue weighted by Gasteiger charge is -2.18. The number of carbonyl (C=O) groups is 1. The van der Waals surface area contributed by atoms with E-state index in [1.807, 2.05) is 36.7 Å². The molecule has 1 amide bonds. The lowest BCUT2D eigenvalue weighted by Crippen LogP contribution is -2.32. The molecule has 2 aliphatic rings. The van der Waals surface area contributed by atoms with Gasteiger partial charge >= 0.3 is 0 Å². The summed E-state index contributed by atoms with van der Waals surface area (Å²) in [7, 11) is 3.11. The number of aliphatic imine (C=N–C) groups is 1. The molecule has 2 aromatic carbocycles. The molecule has 26 heavy (non-hydrogen) atoms. The zero-order chi connectivity index (χ0) is 18.3. The number of hydrogen-bond donors (Lipinski definition) is 1. The van der Waals surface area contributed by atoms with Crippen LogP contribution in [0.5, 0.6) is 11.5 Å². The van der Waals surface area contributed by atoms with Gasteiger partial charge in [-0.1, -0.05) is 12.1 Å². The third kappa shape index (κ3) is 2.60. The van der Waals surface area contributed by atoms with Gasteiger partial charge in [-0.2, -0.15) is 0 Å². The molecule has 0 radical (unpaired) electrons. The Bertz CT molecular complexity index is 949. The monoisotopic (exact) mass is 349 g/mol. The van der Waals surface area contributed by atoms with E-state index in [-0.39, 0.29) is 11.9 Å². The van der Waals surface area contributed by atoms with Gasteiger partial charge in [0, 0.05) is 30.6 Å². The maximum Gasteiger partial charge on any atom is 0.260 e. The zero-order valence-corrected chi connectivity index (χ0v) is 14.6. The number of benzene rings is 2. The number of fused-ring (bicyclic) bond motifs is 2. The van der Waals surface area contributed by atoms with Crippen molar-refractivity contribution in [2.75, 3.05) is 20.0 Å². The molecule has 0 fully saturated rings. The van der Waals surface area contributed by atoms with Gasteiger partial charge < -0.3 is 20.1 Å². The molecule has 6 heteroatoms. The number of nitrogen functional groups attached to an aromatic ring is 1. The van der Waals surface area contributed by atoms with Crippen LogP contribution in [0, 0.1) is 0 Å². The number of amides is 1. The minimum Gasteiger partial charge on any atom is -0.493 e. The standard InChI is InChI=1S/C20H19N3O3/c1-25-18-8-16-17(9-19(18)26-2)22-10-15-7-13(11-23(15)20(16)24)12-4-3-5-14(21)6-12/h3-6,8-11,15H,7,21H2,1-2H3/t15-/m0/s1. The molecule has 2 aliphatic heterocycles.